The summed E-state index contributed by atoms with van der Waals surface area (Å²) in [4.78, 5) is 11.5. The van der Waals surface area contributed by atoms with E-state index >= 15 is 0 Å². The molecule has 1 aromatic heterocycles. The molecule has 1 aliphatic heterocycles. The normalized spacial score (nSPS) is 18.7. The Kier molecular flexibility index (Phi) is 6.76. The molecule has 27 heavy (non-hydrogen) atoms. The van der Waals surface area contributed by atoms with Gasteiger partial charge in [-0.05, 0) is 61.3 Å². The standard InChI is InChI=1S/C19H33BN2O5/c1-17(2,3)25-16(23)14-24-11-9-8-10-22-13-15(12-21-22)20-26-18(4,5)19(6,7)27-20/h12-13H,8-11,14H2,1-7H3. The molecule has 0 unspecified atom stereocenters. The largest absolute Gasteiger partial charge is 0.498 e. The number of esters is 1. The Labute approximate surface area is 162 Å². The number of carbonyl (C=O) groups is 1. The molecule has 2 heterocycles. The lowest BCUT2D eigenvalue weighted by atomic mass is 9.82. The Balaban J connectivity index is 1.67. The van der Waals surface area contributed by atoms with Gasteiger partial charge in [0.2, 0.25) is 0 Å². The topological polar surface area (TPSA) is 71.8 Å². The number of rotatable bonds is 8. The van der Waals surface area contributed by atoms with Crippen molar-refractivity contribution in [1.29, 1.82) is 0 Å². The monoisotopic (exact) mass is 380 g/mol. The average Bonchev–Trinajstić information content (AvgIpc) is 3.04. The van der Waals surface area contributed by atoms with Crippen LogP contribution in [0.1, 0.15) is 61.3 Å². The summed E-state index contributed by atoms with van der Waals surface area (Å²) in [6, 6.07) is 0. The first-order valence-electron chi connectivity index (χ1n) is 9.57. The lowest BCUT2D eigenvalue weighted by molar-refractivity contribution is -0.160. The highest BCUT2D eigenvalue weighted by molar-refractivity contribution is 6.61. The maximum atomic E-state index is 11.5. The number of aromatic nitrogens is 2. The van der Waals surface area contributed by atoms with Crippen molar-refractivity contribution in [2.75, 3.05) is 13.2 Å². The summed E-state index contributed by atoms with van der Waals surface area (Å²) in [5, 5.41) is 4.38. The van der Waals surface area contributed by atoms with Crippen LogP contribution in [-0.4, -0.2) is 52.9 Å². The Morgan fingerprint density at radius 3 is 2.41 bits per heavy atom. The highest BCUT2D eigenvalue weighted by Crippen LogP contribution is 2.36. The van der Waals surface area contributed by atoms with E-state index in [0.717, 1.165) is 24.8 Å². The van der Waals surface area contributed by atoms with Crippen molar-refractivity contribution < 1.29 is 23.6 Å². The summed E-state index contributed by atoms with van der Waals surface area (Å²) in [6.07, 6.45) is 5.50. The maximum absolute atomic E-state index is 11.5. The molecule has 0 radical (unpaired) electrons. The van der Waals surface area contributed by atoms with Gasteiger partial charge in [-0.3, -0.25) is 4.68 Å². The molecule has 1 aliphatic rings. The molecule has 0 spiro atoms. The molecule has 0 aromatic carbocycles. The van der Waals surface area contributed by atoms with E-state index in [2.05, 4.69) is 5.10 Å². The van der Waals surface area contributed by atoms with Gasteiger partial charge in [0.05, 0.1) is 11.2 Å². The Morgan fingerprint density at radius 2 is 1.81 bits per heavy atom. The zero-order valence-corrected chi connectivity index (χ0v) is 17.7. The van der Waals surface area contributed by atoms with Crippen LogP contribution in [0.3, 0.4) is 0 Å². The Morgan fingerprint density at radius 1 is 1.19 bits per heavy atom. The SMILES string of the molecule is CC(C)(C)OC(=O)COCCCCn1cc(B2OC(C)(C)C(C)(C)O2)cn1. The highest BCUT2D eigenvalue weighted by Gasteiger charge is 2.52. The minimum absolute atomic E-state index is 0.00881. The van der Waals surface area contributed by atoms with Crippen molar-refractivity contribution >= 4 is 18.6 Å². The fraction of sp³-hybridized carbons (Fsp3) is 0.789. The third-order valence-corrected chi connectivity index (χ3v) is 4.74. The number of nitrogens with zero attached hydrogens (tertiary/aromatic N) is 2. The predicted molar refractivity (Wildman–Crippen MR) is 104 cm³/mol. The lowest BCUT2D eigenvalue weighted by Gasteiger charge is -2.32. The average molecular weight is 380 g/mol. The second-order valence-electron chi connectivity index (χ2n) is 8.97. The van der Waals surface area contributed by atoms with Gasteiger partial charge in [0.25, 0.3) is 0 Å². The van der Waals surface area contributed by atoms with Crippen molar-refractivity contribution in [3.05, 3.63) is 12.4 Å². The van der Waals surface area contributed by atoms with Crippen LogP contribution >= 0.6 is 0 Å². The lowest BCUT2D eigenvalue weighted by Crippen LogP contribution is -2.41. The first-order valence-corrected chi connectivity index (χ1v) is 9.57. The van der Waals surface area contributed by atoms with E-state index in [9.17, 15) is 4.79 Å². The van der Waals surface area contributed by atoms with Crippen molar-refractivity contribution in [3.63, 3.8) is 0 Å². The fourth-order valence-corrected chi connectivity index (χ4v) is 2.61. The molecular formula is C19H33BN2O5. The van der Waals surface area contributed by atoms with Gasteiger partial charge in [-0.1, -0.05) is 0 Å². The van der Waals surface area contributed by atoms with Crippen molar-refractivity contribution in [2.45, 2.75) is 84.7 Å². The molecule has 0 amide bonds. The highest BCUT2D eigenvalue weighted by atomic mass is 16.7. The van der Waals surface area contributed by atoms with E-state index in [-0.39, 0.29) is 30.9 Å². The molecule has 152 valence electrons. The number of hydrogen-bond donors (Lipinski definition) is 0. The summed E-state index contributed by atoms with van der Waals surface area (Å²) in [5.41, 5.74) is -0.263. The first-order chi connectivity index (χ1) is 12.4. The van der Waals surface area contributed by atoms with Gasteiger partial charge in [-0.25, -0.2) is 4.79 Å². The Hall–Kier alpha value is -1.38. The van der Waals surface area contributed by atoms with E-state index in [4.69, 9.17) is 18.8 Å². The van der Waals surface area contributed by atoms with Gasteiger partial charge in [0.1, 0.15) is 12.2 Å². The molecule has 0 atom stereocenters. The van der Waals surface area contributed by atoms with Crippen molar-refractivity contribution in [1.82, 2.24) is 9.78 Å². The van der Waals surface area contributed by atoms with Crippen molar-refractivity contribution in [2.24, 2.45) is 0 Å². The van der Waals surface area contributed by atoms with Crippen LogP contribution in [0.15, 0.2) is 12.4 Å². The van der Waals surface area contributed by atoms with Crippen LogP contribution in [0, 0.1) is 0 Å². The summed E-state index contributed by atoms with van der Waals surface area (Å²) in [5.74, 6) is -0.332. The summed E-state index contributed by atoms with van der Waals surface area (Å²) >= 11 is 0. The minimum Gasteiger partial charge on any atom is -0.458 e. The van der Waals surface area contributed by atoms with Gasteiger partial charge in [0.15, 0.2) is 0 Å². The quantitative estimate of drug-likeness (QED) is 0.392. The van der Waals surface area contributed by atoms with Crippen LogP contribution in [0.5, 0.6) is 0 Å². The number of ether oxygens (including phenoxy) is 2. The third-order valence-electron chi connectivity index (χ3n) is 4.74. The minimum atomic E-state index is -0.477. The number of unbranched alkanes of at least 4 members (excludes halogenated alkanes) is 1. The molecule has 0 N–H and O–H groups in total. The molecule has 1 aromatic rings. The number of aryl methyl sites for hydroxylation is 1. The van der Waals surface area contributed by atoms with Crippen molar-refractivity contribution in [3.8, 4) is 0 Å². The van der Waals surface area contributed by atoms with E-state index in [0.29, 0.717) is 6.61 Å². The van der Waals surface area contributed by atoms with Gasteiger partial charge in [-0.15, -0.1) is 0 Å². The van der Waals surface area contributed by atoms with Crippen LogP contribution < -0.4 is 5.46 Å². The number of carbonyl (C=O) groups excluding carboxylic acids is 1. The second kappa shape index (κ2) is 8.33. The summed E-state index contributed by atoms with van der Waals surface area (Å²) in [7, 11) is -0.388. The van der Waals surface area contributed by atoms with E-state index < -0.39 is 5.60 Å². The zero-order valence-electron chi connectivity index (χ0n) is 17.7. The number of hydrogen-bond acceptors (Lipinski definition) is 6. The van der Waals surface area contributed by atoms with Gasteiger partial charge in [-0.2, -0.15) is 5.10 Å². The van der Waals surface area contributed by atoms with Gasteiger partial charge < -0.3 is 18.8 Å². The second-order valence-corrected chi connectivity index (χ2v) is 8.97. The van der Waals surface area contributed by atoms with Crippen LogP contribution in [0.2, 0.25) is 0 Å². The molecule has 8 heteroatoms. The molecular weight excluding hydrogens is 347 g/mol. The summed E-state index contributed by atoms with van der Waals surface area (Å²) in [6.45, 7) is 14.9. The molecule has 1 fully saturated rings. The van der Waals surface area contributed by atoms with Crippen LogP contribution in [0.25, 0.3) is 0 Å². The zero-order chi connectivity index (χ0) is 20.3. The predicted octanol–water partition coefficient (Wildman–Crippen LogP) is 2.32. The Bertz CT molecular complexity index is 620. The third kappa shape index (κ3) is 6.33. The van der Waals surface area contributed by atoms with E-state index in [1.54, 1.807) is 6.20 Å². The van der Waals surface area contributed by atoms with E-state index in [1.807, 2.05) is 59.3 Å². The molecule has 2 rings (SSSR count). The van der Waals surface area contributed by atoms with E-state index in [1.165, 1.54) is 0 Å². The van der Waals surface area contributed by atoms with Crippen LogP contribution in [0.4, 0.5) is 0 Å². The fourth-order valence-electron chi connectivity index (χ4n) is 2.61. The molecule has 7 nitrogen and oxygen atoms in total. The van der Waals surface area contributed by atoms with Gasteiger partial charge >= 0.3 is 13.1 Å². The maximum Gasteiger partial charge on any atom is 0.498 e. The smallest absolute Gasteiger partial charge is 0.458 e. The van der Waals surface area contributed by atoms with Crippen LogP contribution in [-0.2, 0) is 30.1 Å². The van der Waals surface area contributed by atoms with Gasteiger partial charge in [0, 0.05) is 31.0 Å². The molecule has 0 saturated carbocycles. The molecule has 0 bridgehead atoms. The molecule has 1 saturated heterocycles. The molecule has 0 aliphatic carbocycles. The first kappa shape index (κ1) is 21.9. The summed E-state index contributed by atoms with van der Waals surface area (Å²) < 4.78 is 24.5.